The minimum absolute atomic E-state index is 0.0325. The fraction of sp³-hybridized carbons (Fsp3) is 0.586. The Morgan fingerprint density at radius 2 is 1.71 bits per heavy atom. The maximum atomic E-state index is 13.8. The number of thiophene rings is 1. The SMILES string of the molecule is CC(C)N(CC(=O)N1CCc2sccc2C1c1ccccc1)C(=O)NC12CC3CC(CC(C3)C1)C2. The fourth-order valence-electron chi connectivity index (χ4n) is 7.87. The van der Waals surface area contributed by atoms with E-state index in [-0.39, 0.29) is 36.1 Å². The third-order valence-corrected chi connectivity index (χ3v) is 10.00. The van der Waals surface area contributed by atoms with Crippen LogP contribution in [0.5, 0.6) is 0 Å². The van der Waals surface area contributed by atoms with Gasteiger partial charge in [-0.05, 0) is 99.1 Å². The number of urea groups is 1. The van der Waals surface area contributed by atoms with E-state index in [4.69, 9.17) is 0 Å². The van der Waals surface area contributed by atoms with Crippen molar-refractivity contribution in [3.63, 3.8) is 0 Å². The van der Waals surface area contributed by atoms with Crippen molar-refractivity contribution in [1.82, 2.24) is 15.1 Å². The zero-order chi connectivity index (χ0) is 24.2. The molecule has 1 unspecified atom stereocenters. The van der Waals surface area contributed by atoms with Gasteiger partial charge in [0, 0.05) is 23.0 Å². The van der Waals surface area contributed by atoms with Crippen molar-refractivity contribution >= 4 is 23.3 Å². The Bertz CT molecular complexity index is 1060. The zero-order valence-corrected chi connectivity index (χ0v) is 21.7. The number of amides is 3. The minimum atomic E-state index is -0.0843. The van der Waals surface area contributed by atoms with Crippen LogP contribution in [0.2, 0.25) is 0 Å². The zero-order valence-electron chi connectivity index (χ0n) is 20.9. The third kappa shape index (κ3) is 4.28. The molecule has 3 amide bonds. The summed E-state index contributed by atoms with van der Waals surface area (Å²) in [5.74, 6) is 2.35. The Kier molecular flexibility index (Phi) is 5.90. The van der Waals surface area contributed by atoms with Crippen LogP contribution in [0, 0.1) is 17.8 Å². The number of nitrogens with zero attached hydrogens (tertiary/aromatic N) is 2. The number of hydrogen-bond donors (Lipinski definition) is 1. The predicted molar refractivity (Wildman–Crippen MR) is 139 cm³/mol. The van der Waals surface area contributed by atoms with Crippen molar-refractivity contribution in [2.75, 3.05) is 13.1 Å². The summed E-state index contributed by atoms with van der Waals surface area (Å²) in [4.78, 5) is 32.6. The largest absolute Gasteiger partial charge is 0.333 e. The molecule has 5 aliphatic rings. The van der Waals surface area contributed by atoms with Crippen molar-refractivity contribution < 1.29 is 9.59 Å². The highest BCUT2D eigenvalue weighted by Crippen LogP contribution is 2.55. The van der Waals surface area contributed by atoms with E-state index in [0.717, 1.165) is 49.0 Å². The summed E-state index contributed by atoms with van der Waals surface area (Å²) in [5.41, 5.74) is 2.31. The van der Waals surface area contributed by atoms with Crippen LogP contribution in [0.3, 0.4) is 0 Å². The van der Waals surface area contributed by atoms with Gasteiger partial charge in [0.1, 0.15) is 6.54 Å². The van der Waals surface area contributed by atoms with Crippen LogP contribution in [-0.4, -0.2) is 46.4 Å². The average molecular weight is 492 g/mol. The van der Waals surface area contributed by atoms with Crippen LogP contribution in [0.25, 0.3) is 0 Å². The molecular weight excluding hydrogens is 454 g/mol. The van der Waals surface area contributed by atoms with Crippen molar-refractivity contribution in [2.24, 2.45) is 17.8 Å². The molecule has 4 fully saturated rings. The van der Waals surface area contributed by atoms with Crippen LogP contribution in [0.4, 0.5) is 4.79 Å². The van der Waals surface area contributed by atoms with Gasteiger partial charge in [-0.1, -0.05) is 30.3 Å². The molecule has 1 aromatic carbocycles. The molecule has 4 aliphatic carbocycles. The number of fused-ring (bicyclic) bond motifs is 1. The number of carbonyl (C=O) groups excluding carboxylic acids is 2. The van der Waals surface area contributed by atoms with E-state index in [2.05, 4.69) is 28.9 Å². The monoisotopic (exact) mass is 491 g/mol. The first-order chi connectivity index (χ1) is 16.9. The molecule has 1 aromatic heterocycles. The molecule has 4 saturated carbocycles. The molecule has 0 spiro atoms. The summed E-state index contributed by atoms with van der Waals surface area (Å²) in [5, 5.41) is 5.62. The van der Waals surface area contributed by atoms with Gasteiger partial charge in [0.25, 0.3) is 0 Å². The van der Waals surface area contributed by atoms with Crippen LogP contribution < -0.4 is 5.32 Å². The highest BCUT2D eigenvalue weighted by Gasteiger charge is 2.52. The van der Waals surface area contributed by atoms with E-state index in [1.165, 1.54) is 29.7 Å². The number of rotatable bonds is 5. The molecule has 4 bridgehead atoms. The molecule has 1 N–H and O–H groups in total. The fourth-order valence-corrected chi connectivity index (χ4v) is 8.77. The quantitative estimate of drug-likeness (QED) is 0.591. The van der Waals surface area contributed by atoms with Crippen LogP contribution in [0.15, 0.2) is 41.8 Å². The van der Waals surface area contributed by atoms with Gasteiger partial charge in [-0.3, -0.25) is 4.79 Å². The predicted octanol–water partition coefficient (Wildman–Crippen LogP) is 5.61. The molecule has 1 aliphatic heterocycles. The maximum absolute atomic E-state index is 13.8. The molecule has 1 atom stereocenters. The Morgan fingerprint density at radius 1 is 1.06 bits per heavy atom. The van der Waals surface area contributed by atoms with Gasteiger partial charge in [-0.25, -0.2) is 4.79 Å². The van der Waals surface area contributed by atoms with Gasteiger partial charge < -0.3 is 15.1 Å². The van der Waals surface area contributed by atoms with Gasteiger partial charge in [0.05, 0.1) is 6.04 Å². The van der Waals surface area contributed by atoms with Gasteiger partial charge >= 0.3 is 6.03 Å². The molecular formula is C29H37N3O2S. The number of nitrogens with one attached hydrogen (secondary N) is 1. The molecule has 186 valence electrons. The first-order valence-corrected chi connectivity index (χ1v) is 14.3. The highest BCUT2D eigenvalue weighted by atomic mass is 32.1. The van der Waals surface area contributed by atoms with Gasteiger partial charge in [0.15, 0.2) is 0 Å². The second-order valence-corrected chi connectivity index (χ2v) is 12.8. The van der Waals surface area contributed by atoms with E-state index >= 15 is 0 Å². The normalized spacial score (nSPS) is 30.9. The lowest BCUT2D eigenvalue weighted by Crippen LogP contribution is -2.63. The Morgan fingerprint density at radius 3 is 2.34 bits per heavy atom. The summed E-state index contributed by atoms with van der Waals surface area (Å²) in [6.45, 7) is 4.86. The van der Waals surface area contributed by atoms with E-state index in [1.54, 1.807) is 16.2 Å². The van der Waals surface area contributed by atoms with Gasteiger partial charge in [-0.15, -0.1) is 11.3 Å². The van der Waals surface area contributed by atoms with E-state index < -0.39 is 0 Å². The molecule has 0 saturated heterocycles. The molecule has 6 heteroatoms. The lowest BCUT2D eigenvalue weighted by atomic mass is 9.53. The molecule has 7 rings (SSSR count). The first-order valence-electron chi connectivity index (χ1n) is 13.4. The molecule has 2 heterocycles. The second-order valence-electron chi connectivity index (χ2n) is 11.8. The molecule has 35 heavy (non-hydrogen) atoms. The van der Waals surface area contributed by atoms with Crippen LogP contribution in [-0.2, 0) is 11.2 Å². The lowest BCUT2D eigenvalue weighted by Gasteiger charge is -2.57. The summed E-state index contributed by atoms with van der Waals surface area (Å²) < 4.78 is 0. The third-order valence-electron chi connectivity index (χ3n) is 9.00. The summed E-state index contributed by atoms with van der Waals surface area (Å²) >= 11 is 1.78. The van der Waals surface area contributed by atoms with E-state index in [0.29, 0.717) is 6.54 Å². The van der Waals surface area contributed by atoms with E-state index in [1.807, 2.05) is 36.9 Å². The van der Waals surface area contributed by atoms with Crippen LogP contribution in [0.1, 0.15) is 74.4 Å². The number of carbonyl (C=O) groups is 2. The molecule has 5 nitrogen and oxygen atoms in total. The number of hydrogen-bond acceptors (Lipinski definition) is 3. The van der Waals surface area contributed by atoms with E-state index in [9.17, 15) is 9.59 Å². The second kappa shape index (κ2) is 8.95. The summed E-state index contributed by atoms with van der Waals surface area (Å²) in [7, 11) is 0. The first kappa shape index (κ1) is 23.1. The standard InChI is InChI=1S/C29H37N3O2S/c1-19(2)32(28(34)30-29-15-20-12-21(16-29)14-22(13-20)17-29)18-26(33)31-10-8-25-24(9-11-35-25)27(31)23-6-4-3-5-7-23/h3-7,9,11,19-22,27H,8,10,12-18H2,1-2H3,(H,30,34). The van der Waals surface area contributed by atoms with Crippen molar-refractivity contribution in [1.29, 1.82) is 0 Å². The average Bonchev–Trinajstić information content (AvgIpc) is 3.29. The Balaban J connectivity index is 1.20. The van der Waals surface area contributed by atoms with Crippen molar-refractivity contribution in [2.45, 2.75) is 76.4 Å². The minimum Gasteiger partial charge on any atom is -0.333 e. The maximum Gasteiger partial charge on any atom is 0.318 e. The van der Waals surface area contributed by atoms with Gasteiger partial charge in [-0.2, -0.15) is 0 Å². The number of benzene rings is 1. The molecule has 0 radical (unpaired) electrons. The highest BCUT2D eigenvalue weighted by molar-refractivity contribution is 7.10. The molecule has 2 aromatic rings. The Labute approximate surface area is 212 Å². The lowest BCUT2D eigenvalue weighted by molar-refractivity contribution is -0.134. The van der Waals surface area contributed by atoms with Crippen LogP contribution >= 0.6 is 11.3 Å². The van der Waals surface area contributed by atoms with Gasteiger partial charge in [0.2, 0.25) is 5.91 Å². The Hall–Kier alpha value is -2.34. The smallest absolute Gasteiger partial charge is 0.318 e. The van der Waals surface area contributed by atoms with Crippen molar-refractivity contribution in [3.05, 3.63) is 57.8 Å². The summed E-state index contributed by atoms with van der Waals surface area (Å²) in [6.07, 6.45) is 8.28. The van der Waals surface area contributed by atoms with Crippen molar-refractivity contribution in [3.8, 4) is 0 Å². The summed E-state index contributed by atoms with van der Waals surface area (Å²) in [6, 6.07) is 12.3. The topological polar surface area (TPSA) is 52.7 Å².